The number of nitrogens with zero attached hydrogens (tertiary/aromatic N) is 2. The van der Waals surface area contributed by atoms with E-state index in [9.17, 15) is 4.79 Å². The number of hydrogen-bond acceptors (Lipinski definition) is 3. The van der Waals surface area contributed by atoms with Gasteiger partial charge in [-0.05, 0) is 42.3 Å². The number of carbonyl (C=O) groups excluding carboxylic acids is 1. The molecule has 4 nitrogen and oxygen atoms in total. The highest BCUT2D eigenvalue weighted by atomic mass is 35.5. The third kappa shape index (κ3) is 3.63. The van der Waals surface area contributed by atoms with Crippen LogP contribution in [0.5, 0.6) is 0 Å². The molecule has 1 amide bonds. The maximum atomic E-state index is 11.8. The van der Waals surface area contributed by atoms with Gasteiger partial charge in [-0.1, -0.05) is 17.7 Å². The van der Waals surface area contributed by atoms with E-state index in [4.69, 9.17) is 11.6 Å². The molecule has 0 saturated carbocycles. The van der Waals surface area contributed by atoms with Crippen LogP contribution in [0.4, 0.5) is 0 Å². The van der Waals surface area contributed by atoms with Crippen LogP contribution in [0.1, 0.15) is 21.5 Å². The molecule has 0 saturated heterocycles. The van der Waals surface area contributed by atoms with Crippen molar-refractivity contribution in [1.82, 2.24) is 10.4 Å². The second-order valence-electron chi connectivity index (χ2n) is 3.96. The molecular weight excluding hydrogens is 262 g/mol. The van der Waals surface area contributed by atoms with E-state index in [0.29, 0.717) is 10.6 Å². The maximum absolute atomic E-state index is 11.8. The van der Waals surface area contributed by atoms with E-state index >= 15 is 0 Å². The van der Waals surface area contributed by atoms with Gasteiger partial charge in [-0.15, -0.1) is 0 Å². The molecule has 0 aliphatic carbocycles. The standard InChI is InChI=1S/C14H12ClN3O/c1-10-2-3-12(13(15)8-10)14(19)18-17-9-11-4-6-16-7-5-11/h2-9H,1H3,(H,18,19)/b17-9-. The van der Waals surface area contributed by atoms with Crippen molar-refractivity contribution in [1.29, 1.82) is 0 Å². The van der Waals surface area contributed by atoms with E-state index < -0.39 is 0 Å². The van der Waals surface area contributed by atoms with E-state index in [-0.39, 0.29) is 5.91 Å². The fraction of sp³-hybridized carbons (Fsp3) is 0.0714. The van der Waals surface area contributed by atoms with E-state index in [0.717, 1.165) is 11.1 Å². The van der Waals surface area contributed by atoms with Crippen molar-refractivity contribution in [3.8, 4) is 0 Å². The lowest BCUT2D eigenvalue weighted by atomic mass is 10.1. The first kappa shape index (κ1) is 13.2. The molecular formula is C14H12ClN3O. The van der Waals surface area contributed by atoms with Crippen LogP contribution in [0.25, 0.3) is 0 Å². The van der Waals surface area contributed by atoms with Crippen molar-refractivity contribution < 1.29 is 4.79 Å². The van der Waals surface area contributed by atoms with Gasteiger partial charge in [-0.2, -0.15) is 5.10 Å². The summed E-state index contributed by atoms with van der Waals surface area (Å²) in [5.74, 6) is -0.338. The Balaban J connectivity index is 2.04. The van der Waals surface area contributed by atoms with Crippen LogP contribution >= 0.6 is 11.6 Å². The van der Waals surface area contributed by atoms with Crippen LogP contribution in [0, 0.1) is 6.92 Å². The van der Waals surface area contributed by atoms with E-state index in [1.807, 2.05) is 13.0 Å². The van der Waals surface area contributed by atoms with Gasteiger partial charge in [-0.25, -0.2) is 5.43 Å². The molecule has 0 fully saturated rings. The Morgan fingerprint density at radius 3 is 2.74 bits per heavy atom. The normalized spacial score (nSPS) is 10.6. The molecule has 0 atom stereocenters. The van der Waals surface area contributed by atoms with Crippen LogP contribution in [0.3, 0.4) is 0 Å². The van der Waals surface area contributed by atoms with Crippen molar-refractivity contribution in [3.05, 3.63) is 64.4 Å². The lowest BCUT2D eigenvalue weighted by Gasteiger charge is -2.03. The Morgan fingerprint density at radius 2 is 2.05 bits per heavy atom. The molecule has 2 rings (SSSR count). The van der Waals surface area contributed by atoms with Crippen LogP contribution < -0.4 is 5.43 Å². The number of hydrogen-bond donors (Lipinski definition) is 1. The number of amides is 1. The number of rotatable bonds is 3. The zero-order valence-electron chi connectivity index (χ0n) is 10.3. The van der Waals surface area contributed by atoms with E-state index in [2.05, 4.69) is 15.5 Å². The molecule has 1 N–H and O–H groups in total. The van der Waals surface area contributed by atoms with Crippen molar-refractivity contribution in [3.63, 3.8) is 0 Å². The van der Waals surface area contributed by atoms with Crippen molar-refractivity contribution in [2.45, 2.75) is 6.92 Å². The van der Waals surface area contributed by atoms with Crippen molar-refractivity contribution >= 4 is 23.7 Å². The third-order valence-electron chi connectivity index (χ3n) is 2.46. The van der Waals surface area contributed by atoms with Gasteiger partial charge in [0.25, 0.3) is 5.91 Å². The first-order valence-corrected chi connectivity index (χ1v) is 6.04. The van der Waals surface area contributed by atoms with Crippen LogP contribution in [-0.2, 0) is 0 Å². The summed E-state index contributed by atoms with van der Waals surface area (Å²) in [7, 11) is 0. The molecule has 1 aromatic heterocycles. The number of nitrogens with one attached hydrogen (secondary N) is 1. The summed E-state index contributed by atoms with van der Waals surface area (Å²) in [6.07, 6.45) is 4.85. The van der Waals surface area contributed by atoms with Crippen LogP contribution in [0.15, 0.2) is 47.8 Å². The topological polar surface area (TPSA) is 54.4 Å². The monoisotopic (exact) mass is 273 g/mol. The summed E-state index contributed by atoms with van der Waals surface area (Å²) in [6.45, 7) is 1.91. The first-order valence-electron chi connectivity index (χ1n) is 5.66. The summed E-state index contributed by atoms with van der Waals surface area (Å²) in [5.41, 5.74) is 4.69. The molecule has 0 bridgehead atoms. The fourth-order valence-electron chi connectivity index (χ4n) is 1.48. The second kappa shape index (κ2) is 6.11. The molecule has 5 heteroatoms. The number of carbonyl (C=O) groups is 1. The Hall–Kier alpha value is -2.20. The summed E-state index contributed by atoms with van der Waals surface area (Å²) in [6, 6.07) is 8.81. The van der Waals surface area contributed by atoms with Gasteiger partial charge in [0.05, 0.1) is 16.8 Å². The van der Waals surface area contributed by atoms with Crippen LogP contribution in [-0.4, -0.2) is 17.1 Å². The lowest BCUT2D eigenvalue weighted by molar-refractivity contribution is 0.0955. The number of halogens is 1. The minimum Gasteiger partial charge on any atom is -0.267 e. The van der Waals surface area contributed by atoms with Gasteiger partial charge >= 0.3 is 0 Å². The fourth-order valence-corrected chi connectivity index (χ4v) is 1.80. The number of pyridine rings is 1. The highest BCUT2D eigenvalue weighted by molar-refractivity contribution is 6.33. The zero-order chi connectivity index (χ0) is 13.7. The first-order chi connectivity index (χ1) is 9.16. The average Bonchev–Trinajstić information content (AvgIpc) is 2.39. The summed E-state index contributed by atoms with van der Waals surface area (Å²) >= 11 is 6.00. The largest absolute Gasteiger partial charge is 0.272 e. The number of benzene rings is 1. The second-order valence-corrected chi connectivity index (χ2v) is 4.37. The van der Waals surface area contributed by atoms with E-state index in [1.54, 1.807) is 42.9 Å². The molecule has 1 heterocycles. The smallest absolute Gasteiger partial charge is 0.267 e. The SMILES string of the molecule is Cc1ccc(C(=O)N/N=C\c2ccncc2)c(Cl)c1. The van der Waals surface area contributed by atoms with Gasteiger partial charge < -0.3 is 0 Å². The quantitative estimate of drug-likeness (QED) is 0.691. The summed E-state index contributed by atoms with van der Waals surface area (Å²) < 4.78 is 0. The predicted octanol–water partition coefficient (Wildman–Crippen LogP) is 2.81. The molecule has 2 aromatic rings. The molecule has 0 aliphatic rings. The lowest BCUT2D eigenvalue weighted by Crippen LogP contribution is -2.18. The Morgan fingerprint density at radius 1 is 1.32 bits per heavy atom. The summed E-state index contributed by atoms with van der Waals surface area (Å²) in [4.78, 5) is 15.7. The number of aromatic nitrogens is 1. The zero-order valence-corrected chi connectivity index (χ0v) is 11.1. The van der Waals surface area contributed by atoms with Crippen molar-refractivity contribution in [2.75, 3.05) is 0 Å². The highest BCUT2D eigenvalue weighted by Gasteiger charge is 2.08. The Labute approximate surface area is 116 Å². The molecule has 1 aromatic carbocycles. The number of aryl methyl sites for hydroxylation is 1. The summed E-state index contributed by atoms with van der Waals surface area (Å²) in [5, 5.41) is 4.28. The molecule has 19 heavy (non-hydrogen) atoms. The predicted molar refractivity (Wildman–Crippen MR) is 75.5 cm³/mol. The van der Waals surface area contributed by atoms with Gasteiger partial charge in [-0.3, -0.25) is 9.78 Å². The molecule has 0 spiro atoms. The Bertz CT molecular complexity index is 611. The maximum Gasteiger partial charge on any atom is 0.272 e. The highest BCUT2D eigenvalue weighted by Crippen LogP contribution is 2.17. The molecule has 0 radical (unpaired) electrons. The third-order valence-corrected chi connectivity index (χ3v) is 2.77. The molecule has 0 aliphatic heterocycles. The average molecular weight is 274 g/mol. The van der Waals surface area contributed by atoms with E-state index in [1.165, 1.54) is 0 Å². The minimum atomic E-state index is -0.338. The molecule has 0 unspecified atom stereocenters. The minimum absolute atomic E-state index is 0.338. The van der Waals surface area contributed by atoms with Crippen LogP contribution in [0.2, 0.25) is 5.02 Å². The molecule has 96 valence electrons. The van der Waals surface area contributed by atoms with Gasteiger partial charge in [0.15, 0.2) is 0 Å². The van der Waals surface area contributed by atoms with Gasteiger partial charge in [0.1, 0.15) is 0 Å². The van der Waals surface area contributed by atoms with Gasteiger partial charge in [0.2, 0.25) is 0 Å². The van der Waals surface area contributed by atoms with Gasteiger partial charge in [0, 0.05) is 12.4 Å². The Kier molecular flexibility index (Phi) is 4.26. The van der Waals surface area contributed by atoms with Crippen molar-refractivity contribution in [2.24, 2.45) is 5.10 Å². The number of hydrazone groups is 1.